The van der Waals surface area contributed by atoms with Gasteiger partial charge < -0.3 is 24.0 Å². The third-order valence-corrected chi connectivity index (χ3v) is 7.73. The second kappa shape index (κ2) is 12.5. The Labute approximate surface area is 234 Å². The van der Waals surface area contributed by atoms with Gasteiger partial charge in [-0.15, -0.1) is 0 Å². The molecule has 7 nitrogen and oxygen atoms in total. The first kappa shape index (κ1) is 27.6. The van der Waals surface area contributed by atoms with E-state index in [2.05, 4.69) is 0 Å². The predicted molar refractivity (Wildman–Crippen MR) is 149 cm³/mol. The molecule has 2 saturated heterocycles. The van der Waals surface area contributed by atoms with Gasteiger partial charge in [0.2, 0.25) is 5.91 Å². The lowest BCUT2D eigenvalue weighted by Crippen LogP contribution is -2.53. The minimum absolute atomic E-state index is 0.0761. The van der Waals surface area contributed by atoms with Crippen LogP contribution in [-0.2, 0) is 22.4 Å². The SMILES string of the molecule is COc1ccc(OC)c(CCCC(=O)N2CCO[C@@H]3CN(C(=O)c4ccc(Cc5cccc(F)c5)cc4)C[C@@H]32)c1. The third kappa shape index (κ3) is 6.28. The molecule has 0 radical (unpaired) electrons. The van der Waals surface area contributed by atoms with Crippen LogP contribution < -0.4 is 9.47 Å². The summed E-state index contributed by atoms with van der Waals surface area (Å²) in [4.78, 5) is 30.2. The Morgan fingerprint density at radius 2 is 1.80 bits per heavy atom. The van der Waals surface area contributed by atoms with Crippen molar-refractivity contribution in [3.05, 3.63) is 94.8 Å². The number of ether oxygens (including phenoxy) is 3. The van der Waals surface area contributed by atoms with Crippen molar-refractivity contribution < 1.29 is 28.2 Å². The summed E-state index contributed by atoms with van der Waals surface area (Å²) in [7, 11) is 3.27. The fourth-order valence-corrected chi connectivity index (χ4v) is 5.64. The van der Waals surface area contributed by atoms with Gasteiger partial charge in [-0.25, -0.2) is 4.39 Å². The number of fused-ring (bicyclic) bond motifs is 1. The Morgan fingerprint density at radius 1 is 0.975 bits per heavy atom. The standard InChI is InChI=1S/C32H35FN2O5/c1-38-27-13-14-29(39-2)25(19-27)6-4-8-31(36)35-15-16-40-30-21-34(20-28(30)35)32(37)24-11-9-22(10-12-24)17-23-5-3-7-26(33)18-23/h3,5,7,9-14,18-19,28,30H,4,6,8,15-17,20-21H2,1-2H3/t28-,30+/m0/s1. The van der Waals surface area contributed by atoms with Gasteiger partial charge in [0, 0.05) is 31.6 Å². The van der Waals surface area contributed by atoms with Gasteiger partial charge in [-0.05, 0) is 78.4 Å². The van der Waals surface area contributed by atoms with Crippen LogP contribution in [0.5, 0.6) is 11.5 Å². The number of halogens is 1. The zero-order valence-electron chi connectivity index (χ0n) is 23.0. The number of likely N-dealkylation sites (tertiary alicyclic amines) is 1. The number of benzene rings is 3. The van der Waals surface area contributed by atoms with Gasteiger partial charge in [-0.2, -0.15) is 0 Å². The molecular formula is C32H35FN2O5. The first-order chi connectivity index (χ1) is 19.4. The number of amides is 2. The number of carbonyl (C=O) groups is 2. The number of morpholine rings is 1. The summed E-state index contributed by atoms with van der Waals surface area (Å²) in [6, 6.07) is 19.5. The fraction of sp³-hybridized carbons (Fsp3) is 0.375. The highest BCUT2D eigenvalue weighted by atomic mass is 19.1. The van der Waals surface area contributed by atoms with Gasteiger partial charge >= 0.3 is 0 Å². The average Bonchev–Trinajstić information content (AvgIpc) is 3.42. The number of carbonyl (C=O) groups excluding carboxylic acids is 2. The Kier molecular flexibility index (Phi) is 8.65. The Balaban J connectivity index is 1.17. The molecule has 0 aromatic heterocycles. The number of hydrogen-bond acceptors (Lipinski definition) is 5. The molecule has 2 aliphatic rings. The molecule has 0 N–H and O–H groups in total. The average molecular weight is 547 g/mol. The molecule has 2 heterocycles. The molecule has 0 bridgehead atoms. The summed E-state index contributed by atoms with van der Waals surface area (Å²) < 4.78 is 30.3. The number of methoxy groups -OCH3 is 2. The monoisotopic (exact) mass is 546 g/mol. The smallest absolute Gasteiger partial charge is 0.254 e. The highest BCUT2D eigenvalue weighted by molar-refractivity contribution is 5.94. The van der Waals surface area contributed by atoms with Gasteiger partial charge in [-0.1, -0.05) is 24.3 Å². The van der Waals surface area contributed by atoms with E-state index in [1.807, 2.05) is 53.4 Å². The molecule has 40 heavy (non-hydrogen) atoms. The van der Waals surface area contributed by atoms with Crippen molar-refractivity contribution in [1.82, 2.24) is 9.80 Å². The highest BCUT2D eigenvalue weighted by Crippen LogP contribution is 2.28. The first-order valence-electron chi connectivity index (χ1n) is 13.7. The van der Waals surface area contributed by atoms with Gasteiger partial charge in [0.25, 0.3) is 5.91 Å². The minimum Gasteiger partial charge on any atom is -0.497 e. The summed E-state index contributed by atoms with van der Waals surface area (Å²) in [5.41, 5.74) is 3.48. The number of nitrogens with zero attached hydrogens (tertiary/aromatic N) is 2. The lowest BCUT2D eigenvalue weighted by atomic mass is 10.0. The van der Waals surface area contributed by atoms with Crippen LogP contribution in [-0.4, -0.2) is 74.2 Å². The largest absolute Gasteiger partial charge is 0.497 e. The van der Waals surface area contributed by atoms with Crippen LogP contribution in [0.3, 0.4) is 0 Å². The molecule has 210 valence electrons. The second-order valence-electron chi connectivity index (χ2n) is 10.3. The van der Waals surface area contributed by atoms with E-state index in [1.54, 1.807) is 25.2 Å². The van der Waals surface area contributed by atoms with Crippen LogP contribution >= 0.6 is 0 Å². The summed E-state index contributed by atoms with van der Waals surface area (Å²) >= 11 is 0. The quantitative estimate of drug-likeness (QED) is 0.395. The van der Waals surface area contributed by atoms with E-state index in [-0.39, 0.29) is 29.8 Å². The summed E-state index contributed by atoms with van der Waals surface area (Å²) in [5, 5.41) is 0. The molecule has 2 amide bonds. The van der Waals surface area contributed by atoms with Crippen molar-refractivity contribution in [2.75, 3.05) is 40.5 Å². The Morgan fingerprint density at radius 3 is 2.55 bits per heavy atom. The fourth-order valence-electron chi connectivity index (χ4n) is 5.64. The molecule has 2 atom stereocenters. The van der Waals surface area contributed by atoms with Gasteiger partial charge in [0.1, 0.15) is 17.3 Å². The molecular weight excluding hydrogens is 511 g/mol. The summed E-state index contributed by atoms with van der Waals surface area (Å²) in [6.45, 7) is 1.90. The van der Waals surface area contributed by atoms with Crippen molar-refractivity contribution >= 4 is 11.8 Å². The van der Waals surface area contributed by atoms with Crippen LogP contribution in [0.4, 0.5) is 4.39 Å². The molecule has 2 fully saturated rings. The van der Waals surface area contributed by atoms with Crippen molar-refractivity contribution in [1.29, 1.82) is 0 Å². The molecule has 2 aliphatic heterocycles. The van der Waals surface area contributed by atoms with Crippen LogP contribution in [0.25, 0.3) is 0 Å². The van der Waals surface area contributed by atoms with Crippen molar-refractivity contribution in [2.24, 2.45) is 0 Å². The normalized spacial score (nSPS) is 18.4. The maximum absolute atomic E-state index is 13.5. The molecule has 0 spiro atoms. The van der Waals surface area contributed by atoms with Gasteiger partial charge in [0.15, 0.2) is 0 Å². The highest BCUT2D eigenvalue weighted by Gasteiger charge is 2.43. The zero-order chi connectivity index (χ0) is 28.1. The van der Waals surface area contributed by atoms with E-state index in [1.165, 1.54) is 12.1 Å². The topological polar surface area (TPSA) is 68.3 Å². The van der Waals surface area contributed by atoms with Crippen molar-refractivity contribution in [2.45, 2.75) is 37.8 Å². The number of aryl methyl sites for hydroxylation is 1. The second-order valence-corrected chi connectivity index (χ2v) is 10.3. The molecule has 5 rings (SSSR count). The van der Waals surface area contributed by atoms with E-state index < -0.39 is 0 Å². The molecule has 8 heteroatoms. The molecule has 3 aromatic rings. The summed E-state index contributed by atoms with van der Waals surface area (Å²) in [5.74, 6) is 1.29. The van der Waals surface area contributed by atoms with E-state index >= 15 is 0 Å². The van der Waals surface area contributed by atoms with Crippen LogP contribution in [0.15, 0.2) is 66.7 Å². The van der Waals surface area contributed by atoms with E-state index in [9.17, 15) is 14.0 Å². The first-order valence-corrected chi connectivity index (χ1v) is 13.7. The maximum atomic E-state index is 13.5. The van der Waals surface area contributed by atoms with E-state index in [4.69, 9.17) is 14.2 Å². The Bertz CT molecular complexity index is 1350. The van der Waals surface area contributed by atoms with Crippen molar-refractivity contribution in [3.8, 4) is 11.5 Å². The third-order valence-electron chi connectivity index (χ3n) is 7.73. The van der Waals surface area contributed by atoms with Crippen LogP contribution in [0.2, 0.25) is 0 Å². The minimum atomic E-state index is -0.258. The van der Waals surface area contributed by atoms with Crippen molar-refractivity contribution in [3.63, 3.8) is 0 Å². The van der Waals surface area contributed by atoms with Gasteiger partial charge in [0.05, 0.1) is 33.0 Å². The number of hydrogen-bond donors (Lipinski definition) is 0. The predicted octanol–water partition coefficient (Wildman–Crippen LogP) is 4.51. The summed E-state index contributed by atoms with van der Waals surface area (Å²) in [6.07, 6.45) is 2.19. The van der Waals surface area contributed by atoms with Crippen LogP contribution in [0.1, 0.15) is 39.9 Å². The number of rotatable bonds is 9. The van der Waals surface area contributed by atoms with E-state index in [0.29, 0.717) is 57.5 Å². The molecule has 0 aliphatic carbocycles. The lowest BCUT2D eigenvalue weighted by Gasteiger charge is -2.36. The maximum Gasteiger partial charge on any atom is 0.254 e. The lowest BCUT2D eigenvalue weighted by molar-refractivity contribution is -0.142. The van der Waals surface area contributed by atoms with Gasteiger partial charge in [-0.3, -0.25) is 9.59 Å². The van der Waals surface area contributed by atoms with E-state index in [0.717, 1.165) is 28.2 Å². The molecule has 0 saturated carbocycles. The molecule has 3 aromatic carbocycles. The van der Waals surface area contributed by atoms with Crippen LogP contribution in [0, 0.1) is 5.82 Å². The molecule has 0 unspecified atom stereocenters. The zero-order valence-corrected chi connectivity index (χ0v) is 23.0. The Hall–Kier alpha value is -3.91.